The van der Waals surface area contributed by atoms with Crippen molar-refractivity contribution in [3.8, 4) is 5.75 Å². The number of rotatable bonds is 6. The molecule has 1 aromatic rings. The lowest BCUT2D eigenvalue weighted by Crippen LogP contribution is -2.47. The van der Waals surface area contributed by atoms with Gasteiger partial charge in [-0.3, -0.25) is 4.79 Å². The number of nitrogens with zero attached hydrogens (tertiary/aromatic N) is 2. The van der Waals surface area contributed by atoms with E-state index in [1.807, 2.05) is 11.8 Å². The molecule has 1 aromatic carbocycles. The van der Waals surface area contributed by atoms with Gasteiger partial charge in [0.05, 0.1) is 19.2 Å². The van der Waals surface area contributed by atoms with Crippen LogP contribution in [0.15, 0.2) is 23.2 Å². The number of nitrogens with one attached hydrogen (secondary N) is 1. The third-order valence-corrected chi connectivity index (χ3v) is 4.66. The molecule has 2 rings (SSSR count). The van der Waals surface area contributed by atoms with E-state index in [2.05, 4.69) is 10.3 Å². The van der Waals surface area contributed by atoms with E-state index in [9.17, 15) is 18.0 Å². The number of ether oxygens (including phenoxy) is 1. The van der Waals surface area contributed by atoms with Gasteiger partial charge in [-0.15, -0.1) is 0 Å². The molecule has 156 valence electrons. The predicted molar refractivity (Wildman–Crippen MR) is 101 cm³/mol. The number of carbonyl (C=O) groups excluding carboxylic acids is 1. The summed E-state index contributed by atoms with van der Waals surface area (Å²) in [6.45, 7) is 3.71. The fraction of sp³-hybridized carbons (Fsp3) is 0.579. The largest absolute Gasteiger partial charge is 0.497 e. The molecule has 1 heterocycles. The highest BCUT2D eigenvalue weighted by Crippen LogP contribution is 2.34. The van der Waals surface area contributed by atoms with Crippen molar-refractivity contribution >= 4 is 11.9 Å². The number of carbonyl (C=O) groups is 1. The number of halogens is 3. The van der Waals surface area contributed by atoms with Crippen LogP contribution in [-0.4, -0.2) is 43.5 Å². The van der Waals surface area contributed by atoms with Gasteiger partial charge in [0.1, 0.15) is 5.75 Å². The van der Waals surface area contributed by atoms with Crippen LogP contribution in [0.3, 0.4) is 0 Å². The minimum atomic E-state index is -4.49. The number of amides is 1. The first-order chi connectivity index (χ1) is 13.2. The fourth-order valence-electron chi connectivity index (χ4n) is 3.38. The van der Waals surface area contributed by atoms with Crippen molar-refractivity contribution in [2.45, 2.75) is 38.9 Å². The summed E-state index contributed by atoms with van der Waals surface area (Å²) in [5.74, 6) is 0.474. The lowest BCUT2D eigenvalue weighted by atomic mass is 9.95. The molecule has 0 bridgehead atoms. The molecule has 1 fully saturated rings. The summed E-state index contributed by atoms with van der Waals surface area (Å²) in [6.07, 6.45) is -2.42. The zero-order valence-corrected chi connectivity index (χ0v) is 16.2. The number of guanidine groups is 1. The number of likely N-dealkylation sites (tertiary alicyclic amines) is 1. The molecule has 9 heteroatoms. The van der Waals surface area contributed by atoms with E-state index in [-0.39, 0.29) is 29.7 Å². The smallest absolute Gasteiger partial charge is 0.416 e. The number of nitrogens with two attached hydrogens (primary N) is 1. The number of hydrogen-bond acceptors (Lipinski definition) is 3. The molecule has 3 N–H and O–H groups in total. The summed E-state index contributed by atoms with van der Waals surface area (Å²) in [5.41, 5.74) is 4.62. The Kier molecular flexibility index (Phi) is 7.53. The van der Waals surface area contributed by atoms with Crippen molar-refractivity contribution in [1.82, 2.24) is 10.2 Å². The Morgan fingerprint density at radius 2 is 2.18 bits per heavy atom. The van der Waals surface area contributed by atoms with Crippen molar-refractivity contribution in [2.75, 3.05) is 26.7 Å². The highest BCUT2D eigenvalue weighted by Gasteiger charge is 2.34. The number of aliphatic imine (C=N–C) groups is 1. The normalized spacial score (nSPS) is 18.1. The van der Waals surface area contributed by atoms with Gasteiger partial charge in [-0.05, 0) is 43.4 Å². The molecule has 0 spiro atoms. The van der Waals surface area contributed by atoms with Crippen molar-refractivity contribution in [1.29, 1.82) is 0 Å². The van der Waals surface area contributed by atoms with Gasteiger partial charge in [-0.2, -0.15) is 13.2 Å². The number of primary amides is 1. The third kappa shape index (κ3) is 6.03. The van der Waals surface area contributed by atoms with Crippen LogP contribution in [0.4, 0.5) is 13.2 Å². The van der Waals surface area contributed by atoms with Crippen molar-refractivity contribution in [2.24, 2.45) is 16.6 Å². The molecule has 1 atom stereocenters. The van der Waals surface area contributed by atoms with E-state index in [1.165, 1.54) is 19.2 Å². The molecule has 1 unspecified atom stereocenters. The van der Waals surface area contributed by atoms with Gasteiger partial charge >= 0.3 is 6.18 Å². The molecule has 0 saturated carbocycles. The van der Waals surface area contributed by atoms with Gasteiger partial charge in [0.25, 0.3) is 0 Å². The molecule has 1 aliphatic heterocycles. The molecular formula is C19H27F3N4O2. The van der Waals surface area contributed by atoms with E-state index in [0.29, 0.717) is 25.5 Å². The number of methoxy groups -OCH3 is 1. The Balaban J connectivity index is 2.22. The molecule has 1 saturated heterocycles. The maximum atomic E-state index is 13.4. The molecule has 0 radical (unpaired) electrons. The van der Waals surface area contributed by atoms with Gasteiger partial charge in [0, 0.05) is 26.1 Å². The molecule has 6 nitrogen and oxygen atoms in total. The lowest BCUT2D eigenvalue weighted by molar-refractivity contribution is -0.138. The molecule has 0 aliphatic carbocycles. The summed E-state index contributed by atoms with van der Waals surface area (Å²) < 4.78 is 45.1. The van der Waals surface area contributed by atoms with E-state index < -0.39 is 11.7 Å². The number of hydrogen-bond donors (Lipinski definition) is 2. The van der Waals surface area contributed by atoms with Crippen LogP contribution >= 0.6 is 0 Å². The average molecular weight is 400 g/mol. The van der Waals surface area contributed by atoms with E-state index >= 15 is 0 Å². The molecular weight excluding hydrogens is 373 g/mol. The first-order valence-corrected chi connectivity index (χ1v) is 9.30. The number of piperidine rings is 1. The minimum Gasteiger partial charge on any atom is -0.497 e. The second-order valence-corrected chi connectivity index (χ2v) is 6.82. The lowest BCUT2D eigenvalue weighted by Gasteiger charge is -2.34. The van der Waals surface area contributed by atoms with Crippen LogP contribution in [0.2, 0.25) is 0 Å². The van der Waals surface area contributed by atoms with Gasteiger partial charge in [-0.25, -0.2) is 4.99 Å². The number of benzene rings is 1. The number of alkyl halides is 3. The van der Waals surface area contributed by atoms with E-state index in [4.69, 9.17) is 10.5 Å². The van der Waals surface area contributed by atoms with Crippen LogP contribution in [-0.2, 0) is 17.5 Å². The van der Waals surface area contributed by atoms with Crippen LogP contribution in [0.1, 0.15) is 37.3 Å². The minimum absolute atomic E-state index is 0.0781. The maximum absolute atomic E-state index is 13.4. The van der Waals surface area contributed by atoms with E-state index in [1.54, 1.807) is 0 Å². The average Bonchev–Trinajstić information content (AvgIpc) is 2.64. The Morgan fingerprint density at radius 1 is 1.43 bits per heavy atom. The Hall–Kier alpha value is -2.45. The predicted octanol–water partition coefficient (Wildman–Crippen LogP) is 2.77. The highest BCUT2D eigenvalue weighted by molar-refractivity contribution is 5.80. The zero-order chi connectivity index (χ0) is 20.7. The Labute approximate surface area is 162 Å². The monoisotopic (exact) mass is 400 g/mol. The molecule has 1 amide bonds. The fourth-order valence-corrected chi connectivity index (χ4v) is 3.38. The summed E-state index contributed by atoms with van der Waals surface area (Å²) in [4.78, 5) is 17.6. The Morgan fingerprint density at radius 3 is 2.79 bits per heavy atom. The second kappa shape index (κ2) is 9.66. The molecule has 28 heavy (non-hydrogen) atoms. The summed E-state index contributed by atoms with van der Waals surface area (Å²) >= 11 is 0. The quantitative estimate of drug-likeness (QED) is 0.569. The first kappa shape index (κ1) is 21.8. The van der Waals surface area contributed by atoms with Crippen molar-refractivity contribution in [3.63, 3.8) is 0 Å². The highest BCUT2D eigenvalue weighted by atomic mass is 19.4. The zero-order valence-electron chi connectivity index (χ0n) is 16.2. The van der Waals surface area contributed by atoms with Crippen LogP contribution < -0.4 is 15.8 Å². The molecule has 1 aliphatic rings. The Bertz CT molecular complexity index is 707. The summed E-state index contributed by atoms with van der Waals surface area (Å²) in [6, 6.07) is 3.87. The van der Waals surface area contributed by atoms with Gasteiger partial charge in [0.15, 0.2) is 5.96 Å². The third-order valence-electron chi connectivity index (χ3n) is 4.66. The molecule has 0 aromatic heterocycles. The summed E-state index contributed by atoms with van der Waals surface area (Å²) in [5, 5.41) is 3.13. The van der Waals surface area contributed by atoms with Crippen molar-refractivity contribution < 1.29 is 22.7 Å². The SMILES string of the molecule is CCNC(=NCc1ccc(OC)cc1C(F)(F)F)N1CCCC(CC(N)=O)C1. The first-order valence-electron chi connectivity index (χ1n) is 9.30. The van der Waals surface area contributed by atoms with E-state index in [0.717, 1.165) is 25.5 Å². The van der Waals surface area contributed by atoms with Gasteiger partial charge in [-0.1, -0.05) is 6.07 Å². The topological polar surface area (TPSA) is 80.0 Å². The maximum Gasteiger partial charge on any atom is 0.416 e. The van der Waals surface area contributed by atoms with Crippen LogP contribution in [0.25, 0.3) is 0 Å². The second-order valence-electron chi connectivity index (χ2n) is 6.82. The van der Waals surface area contributed by atoms with Crippen molar-refractivity contribution in [3.05, 3.63) is 29.3 Å². The van der Waals surface area contributed by atoms with Gasteiger partial charge in [0.2, 0.25) is 5.91 Å². The summed E-state index contributed by atoms with van der Waals surface area (Å²) in [7, 11) is 1.33. The van der Waals surface area contributed by atoms with Gasteiger partial charge < -0.3 is 20.7 Å². The van der Waals surface area contributed by atoms with Crippen LogP contribution in [0, 0.1) is 5.92 Å². The van der Waals surface area contributed by atoms with Crippen LogP contribution in [0.5, 0.6) is 5.75 Å². The standard InChI is InChI=1S/C19H27F3N4O2/c1-3-24-18(26-8-4-5-13(12-26)9-17(23)27)25-11-14-6-7-15(28-2)10-16(14)19(20,21)22/h6-7,10,13H,3-5,8-9,11-12H2,1-2H3,(H2,23,27)(H,24,25).